The van der Waals surface area contributed by atoms with E-state index >= 15 is 0 Å². The second-order valence-corrected chi connectivity index (χ2v) is 6.27. The van der Waals surface area contributed by atoms with Crippen molar-refractivity contribution < 1.29 is 14.5 Å². The fourth-order valence-corrected chi connectivity index (χ4v) is 2.88. The van der Waals surface area contributed by atoms with Crippen molar-refractivity contribution in [3.05, 3.63) is 55.7 Å². The Bertz CT molecular complexity index is 689. The van der Waals surface area contributed by atoms with E-state index in [1.165, 1.54) is 28.4 Å². The summed E-state index contributed by atoms with van der Waals surface area (Å²) in [7, 11) is 1.64. The zero-order valence-corrected chi connectivity index (χ0v) is 13.3. The van der Waals surface area contributed by atoms with Gasteiger partial charge in [0.25, 0.3) is 5.91 Å². The normalized spacial score (nSPS) is 10.3. The average molecular weight is 341 g/mol. The molecule has 0 spiro atoms. The van der Waals surface area contributed by atoms with Crippen LogP contribution >= 0.6 is 22.9 Å². The summed E-state index contributed by atoms with van der Waals surface area (Å²) in [6, 6.07) is 9.56. The second-order valence-electron chi connectivity index (χ2n) is 4.47. The van der Waals surface area contributed by atoms with E-state index in [2.05, 4.69) is 0 Å². The van der Waals surface area contributed by atoms with E-state index in [0.717, 1.165) is 4.88 Å². The first-order valence-electron chi connectivity index (χ1n) is 6.32. The van der Waals surface area contributed by atoms with Gasteiger partial charge in [-0.25, -0.2) is 0 Å². The van der Waals surface area contributed by atoms with Crippen molar-refractivity contribution in [3.63, 3.8) is 0 Å². The Kier molecular flexibility index (Phi) is 5.35. The molecular weight excluding hydrogens is 328 g/mol. The highest BCUT2D eigenvalue weighted by atomic mass is 35.5. The van der Waals surface area contributed by atoms with Gasteiger partial charge >= 0.3 is 5.69 Å². The first kappa shape index (κ1) is 16.3. The lowest BCUT2D eigenvalue weighted by Gasteiger charge is -2.16. The maximum absolute atomic E-state index is 12.0. The van der Waals surface area contributed by atoms with E-state index in [1.807, 2.05) is 6.07 Å². The Balaban J connectivity index is 1.93. The van der Waals surface area contributed by atoms with Crippen molar-refractivity contribution in [2.24, 2.45) is 0 Å². The van der Waals surface area contributed by atoms with Gasteiger partial charge in [0.2, 0.25) is 0 Å². The monoisotopic (exact) mass is 340 g/mol. The van der Waals surface area contributed by atoms with Gasteiger partial charge in [0.05, 0.1) is 15.8 Å². The predicted octanol–water partition coefficient (Wildman–Crippen LogP) is 3.35. The van der Waals surface area contributed by atoms with Crippen LogP contribution in [0.15, 0.2) is 36.4 Å². The number of nitrogens with zero attached hydrogens (tertiary/aromatic N) is 2. The molecule has 1 aromatic heterocycles. The molecule has 0 N–H and O–H groups in total. The number of para-hydroxylation sites is 2. The van der Waals surface area contributed by atoms with Gasteiger partial charge < -0.3 is 9.64 Å². The Labute approximate surface area is 136 Å². The summed E-state index contributed by atoms with van der Waals surface area (Å²) >= 11 is 7.23. The van der Waals surface area contributed by atoms with Crippen molar-refractivity contribution >= 4 is 34.5 Å². The number of amides is 1. The molecule has 1 amide bonds. The van der Waals surface area contributed by atoms with Crippen molar-refractivity contribution in [2.75, 3.05) is 13.7 Å². The van der Waals surface area contributed by atoms with Crippen LogP contribution in [0.5, 0.6) is 5.75 Å². The maximum atomic E-state index is 12.0. The number of likely N-dealkylation sites (N-methyl/N-ethyl adjacent to an activating group) is 1. The Morgan fingerprint density at radius 3 is 2.73 bits per heavy atom. The van der Waals surface area contributed by atoms with Gasteiger partial charge in [-0.3, -0.25) is 14.9 Å². The van der Waals surface area contributed by atoms with Crippen LogP contribution in [-0.4, -0.2) is 29.4 Å². The zero-order valence-electron chi connectivity index (χ0n) is 11.7. The second kappa shape index (κ2) is 7.24. The summed E-state index contributed by atoms with van der Waals surface area (Å²) in [5, 5.41) is 10.9. The van der Waals surface area contributed by atoms with E-state index in [1.54, 1.807) is 25.2 Å². The Morgan fingerprint density at radius 2 is 2.09 bits per heavy atom. The summed E-state index contributed by atoms with van der Waals surface area (Å²) < 4.78 is 5.93. The third-order valence-corrected chi connectivity index (χ3v) is 4.08. The summed E-state index contributed by atoms with van der Waals surface area (Å²) in [6.45, 7) is 0.150. The molecule has 0 unspecified atom stereocenters. The number of nitro groups is 1. The Hall–Kier alpha value is -2.12. The summed E-state index contributed by atoms with van der Waals surface area (Å²) in [4.78, 5) is 24.8. The standard InChI is InChI=1S/C14H13ClN2O4S/c1-16(8-10-6-7-13(15)22-10)14(18)9-21-12-5-3-2-4-11(12)17(19)20/h2-7H,8-9H2,1H3. The van der Waals surface area contributed by atoms with E-state index in [9.17, 15) is 14.9 Å². The lowest BCUT2D eigenvalue weighted by Crippen LogP contribution is -2.30. The van der Waals surface area contributed by atoms with Crippen molar-refractivity contribution in [3.8, 4) is 5.75 Å². The third kappa shape index (κ3) is 4.19. The molecule has 1 heterocycles. The van der Waals surface area contributed by atoms with Gasteiger partial charge in [0, 0.05) is 18.0 Å². The smallest absolute Gasteiger partial charge is 0.310 e. The van der Waals surface area contributed by atoms with Crippen LogP contribution in [-0.2, 0) is 11.3 Å². The predicted molar refractivity (Wildman–Crippen MR) is 84.4 cm³/mol. The first-order valence-corrected chi connectivity index (χ1v) is 7.51. The molecular formula is C14H13ClN2O4S. The van der Waals surface area contributed by atoms with Crippen LogP contribution in [0.2, 0.25) is 4.34 Å². The van der Waals surface area contributed by atoms with Crippen LogP contribution < -0.4 is 4.74 Å². The molecule has 6 nitrogen and oxygen atoms in total. The lowest BCUT2D eigenvalue weighted by atomic mass is 10.3. The quantitative estimate of drug-likeness (QED) is 0.597. The van der Waals surface area contributed by atoms with Crippen molar-refractivity contribution in [2.45, 2.75) is 6.54 Å². The molecule has 1 aromatic carbocycles. The third-order valence-electron chi connectivity index (χ3n) is 2.86. The summed E-state index contributed by atoms with van der Waals surface area (Å²) in [6.07, 6.45) is 0. The highest BCUT2D eigenvalue weighted by Crippen LogP contribution is 2.26. The van der Waals surface area contributed by atoms with Gasteiger partial charge in [-0.05, 0) is 18.2 Å². The van der Waals surface area contributed by atoms with Crippen molar-refractivity contribution in [1.29, 1.82) is 0 Å². The number of thiophene rings is 1. The lowest BCUT2D eigenvalue weighted by molar-refractivity contribution is -0.385. The minimum absolute atomic E-state index is 0.0772. The number of carbonyl (C=O) groups is 1. The fourth-order valence-electron chi connectivity index (χ4n) is 1.74. The van der Waals surface area contributed by atoms with Crippen LogP contribution in [0.1, 0.15) is 4.88 Å². The summed E-state index contributed by atoms with van der Waals surface area (Å²) in [5.41, 5.74) is -0.164. The number of benzene rings is 1. The molecule has 8 heteroatoms. The number of halogens is 1. The van der Waals surface area contributed by atoms with E-state index < -0.39 is 4.92 Å². The number of ether oxygens (including phenoxy) is 1. The molecule has 0 aliphatic heterocycles. The van der Waals surface area contributed by atoms with Crippen LogP contribution in [0.25, 0.3) is 0 Å². The number of carbonyl (C=O) groups excluding carboxylic acids is 1. The van der Waals surface area contributed by atoms with Gasteiger partial charge in [0.1, 0.15) is 0 Å². The van der Waals surface area contributed by atoms with Crippen LogP contribution in [0.3, 0.4) is 0 Å². The summed E-state index contributed by atoms with van der Waals surface area (Å²) in [5.74, 6) is -0.198. The van der Waals surface area contributed by atoms with Gasteiger partial charge in [-0.1, -0.05) is 23.7 Å². The number of hydrogen-bond acceptors (Lipinski definition) is 5. The minimum Gasteiger partial charge on any atom is -0.477 e. The number of rotatable bonds is 6. The average Bonchev–Trinajstić information content (AvgIpc) is 2.90. The van der Waals surface area contributed by atoms with E-state index in [0.29, 0.717) is 10.9 Å². The maximum Gasteiger partial charge on any atom is 0.310 e. The molecule has 0 saturated carbocycles. The van der Waals surface area contributed by atoms with Gasteiger partial charge in [0.15, 0.2) is 12.4 Å². The molecule has 0 bridgehead atoms. The van der Waals surface area contributed by atoms with Gasteiger partial charge in [-0.2, -0.15) is 0 Å². The number of nitro benzene ring substituents is 1. The Morgan fingerprint density at radius 1 is 1.36 bits per heavy atom. The fraction of sp³-hybridized carbons (Fsp3) is 0.214. The molecule has 0 atom stereocenters. The first-order chi connectivity index (χ1) is 10.5. The zero-order chi connectivity index (χ0) is 16.1. The van der Waals surface area contributed by atoms with Crippen LogP contribution in [0, 0.1) is 10.1 Å². The molecule has 0 saturated heterocycles. The van der Waals surface area contributed by atoms with Crippen molar-refractivity contribution in [1.82, 2.24) is 4.90 Å². The van der Waals surface area contributed by atoms with E-state index in [-0.39, 0.29) is 24.0 Å². The molecule has 0 aliphatic carbocycles. The largest absolute Gasteiger partial charge is 0.477 e. The van der Waals surface area contributed by atoms with E-state index in [4.69, 9.17) is 16.3 Å². The molecule has 0 aliphatic rings. The molecule has 116 valence electrons. The minimum atomic E-state index is -0.544. The SMILES string of the molecule is CN(Cc1ccc(Cl)s1)C(=O)COc1ccccc1[N+](=O)[O-]. The highest BCUT2D eigenvalue weighted by Gasteiger charge is 2.16. The molecule has 0 fully saturated rings. The molecule has 22 heavy (non-hydrogen) atoms. The topological polar surface area (TPSA) is 72.7 Å². The number of hydrogen-bond donors (Lipinski definition) is 0. The molecule has 0 radical (unpaired) electrons. The molecule has 2 rings (SSSR count). The highest BCUT2D eigenvalue weighted by molar-refractivity contribution is 7.16. The van der Waals surface area contributed by atoms with Gasteiger partial charge in [-0.15, -0.1) is 11.3 Å². The van der Waals surface area contributed by atoms with Crippen LogP contribution in [0.4, 0.5) is 5.69 Å². The molecule has 2 aromatic rings.